The summed E-state index contributed by atoms with van der Waals surface area (Å²) >= 11 is 12.8. The van der Waals surface area contributed by atoms with Gasteiger partial charge in [0.1, 0.15) is 5.82 Å². The van der Waals surface area contributed by atoms with E-state index in [0.29, 0.717) is 15.1 Å². The molecule has 2 aromatic carbocycles. The van der Waals surface area contributed by atoms with E-state index >= 15 is 0 Å². The van der Waals surface area contributed by atoms with Gasteiger partial charge in [0.15, 0.2) is 0 Å². The van der Waals surface area contributed by atoms with Crippen molar-refractivity contribution in [3.8, 4) is 0 Å². The summed E-state index contributed by atoms with van der Waals surface area (Å²) in [6, 6.07) is 8.76. The van der Waals surface area contributed by atoms with Crippen LogP contribution in [0.1, 0.15) is 22.7 Å². The Hall–Kier alpha value is -0.420. The third-order valence-corrected chi connectivity index (χ3v) is 4.88. The third-order valence-electron chi connectivity index (χ3n) is 3.19. The number of nitrogens with one attached hydrogen (secondary N) is 1. The molecule has 0 bridgehead atoms. The Labute approximate surface area is 139 Å². The van der Waals surface area contributed by atoms with Crippen molar-refractivity contribution in [1.29, 1.82) is 0 Å². The van der Waals surface area contributed by atoms with Crippen molar-refractivity contribution in [2.45, 2.75) is 13.0 Å². The van der Waals surface area contributed by atoms with Gasteiger partial charge in [-0.3, -0.25) is 0 Å². The normalized spacial score (nSPS) is 12.5. The first-order valence-electron chi connectivity index (χ1n) is 6.01. The molecule has 1 N–H and O–H groups in total. The average molecular weight is 422 g/mol. The van der Waals surface area contributed by atoms with Crippen LogP contribution in [0, 0.1) is 12.7 Å². The molecular formula is C15H13Br2ClFN. The minimum Gasteiger partial charge on any atom is -0.309 e. The maximum Gasteiger partial charge on any atom is 0.129 e. The molecule has 2 aromatic rings. The summed E-state index contributed by atoms with van der Waals surface area (Å²) in [5, 5.41) is 3.65. The van der Waals surface area contributed by atoms with E-state index in [0.717, 1.165) is 15.6 Å². The van der Waals surface area contributed by atoms with Crippen LogP contribution in [0.25, 0.3) is 0 Å². The van der Waals surface area contributed by atoms with Gasteiger partial charge in [-0.2, -0.15) is 0 Å². The van der Waals surface area contributed by atoms with Gasteiger partial charge in [-0.25, -0.2) is 4.39 Å². The van der Waals surface area contributed by atoms with E-state index in [-0.39, 0.29) is 11.9 Å². The smallest absolute Gasteiger partial charge is 0.129 e. The number of aryl methyl sites for hydroxylation is 1. The summed E-state index contributed by atoms with van der Waals surface area (Å²) < 4.78 is 15.8. The average Bonchev–Trinajstić information content (AvgIpc) is 2.40. The summed E-state index contributed by atoms with van der Waals surface area (Å²) in [4.78, 5) is 0. The number of hydrogen-bond acceptors (Lipinski definition) is 1. The zero-order valence-electron chi connectivity index (χ0n) is 11.0. The van der Waals surface area contributed by atoms with Gasteiger partial charge in [-0.1, -0.05) is 33.6 Å². The van der Waals surface area contributed by atoms with Crippen LogP contribution in [-0.4, -0.2) is 7.05 Å². The van der Waals surface area contributed by atoms with Gasteiger partial charge in [0.25, 0.3) is 0 Å². The van der Waals surface area contributed by atoms with Gasteiger partial charge in [-0.05, 0) is 65.3 Å². The van der Waals surface area contributed by atoms with Crippen LogP contribution in [0.4, 0.5) is 4.39 Å². The fraction of sp³-hybridized carbons (Fsp3) is 0.200. The van der Waals surface area contributed by atoms with E-state index in [9.17, 15) is 4.39 Å². The summed E-state index contributed by atoms with van der Waals surface area (Å²) in [6.45, 7) is 2.00. The minimum absolute atomic E-state index is 0.252. The molecule has 20 heavy (non-hydrogen) atoms. The van der Waals surface area contributed by atoms with Crippen molar-refractivity contribution in [3.05, 3.63) is 66.8 Å². The van der Waals surface area contributed by atoms with Gasteiger partial charge >= 0.3 is 0 Å². The van der Waals surface area contributed by atoms with E-state index in [4.69, 9.17) is 11.6 Å². The van der Waals surface area contributed by atoms with Crippen molar-refractivity contribution in [3.63, 3.8) is 0 Å². The fourth-order valence-corrected chi connectivity index (χ4v) is 3.03. The molecule has 0 saturated carbocycles. The van der Waals surface area contributed by atoms with Gasteiger partial charge in [-0.15, -0.1) is 0 Å². The molecule has 0 aliphatic heterocycles. The molecule has 1 unspecified atom stereocenters. The van der Waals surface area contributed by atoms with Crippen molar-refractivity contribution >= 4 is 43.5 Å². The molecule has 5 heteroatoms. The largest absolute Gasteiger partial charge is 0.309 e. The Morgan fingerprint density at radius 1 is 1.15 bits per heavy atom. The lowest BCUT2D eigenvalue weighted by molar-refractivity contribution is 0.574. The van der Waals surface area contributed by atoms with Gasteiger partial charge < -0.3 is 5.32 Å². The molecule has 0 radical (unpaired) electrons. The van der Waals surface area contributed by atoms with Crippen LogP contribution in [0.5, 0.6) is 0 Å². The van der Waals surface area contributed by atoms with E-state index < -0.39 is 0 Å². The molecule has 0 saturated heterocycles. The van der Waals surface area contributed by atoms with Crippen LogP contribution in [0.2, 0.25) is 5.02 Å². The Morgan fingerprint density at radius 3 is 2.50 bits per heavy atom. The van der Waals surface area contributed by atoms with E-state index in [1.165, 1.54) is 6.07 Å². The molecule has 0 fully saturated rings. The minimum atomic E-state index is -0.292. The summed E-state index contributed by atoms with van der Waals surface area (Å²) in [7, 11) is 1.81. The zero-order valence-corrected chi connectivity index (χ0v) is 14.9. The lowest BCUT2D eigenvalue weighted by Gasteiger charge is -2.21. The number of rotatable bonds is 3. The maximum atomic E-state index is 14.2. The number of hydrogen-bond donors (Lipinski definition) is 1. The SMILES string of the molecule is CNC(c1cc(Br)ccc1C)c1cc(Cl)c(Br)cc1F. The predicted octanol–water partition coefficient (Wildman–Crippen LogP) is 5.62. The lowest BCUT2D eigenvalue weighted by Crippen LogP contribution is -2.20. The quantitative estimate of drug-likeness (QED) is 0.634. The second-order valence-corrected chi connectivity index (χ2v) is 6.69. The van der Waals surface area contributed by atoms with Gasteiger partial charge in [0, 0.05) is 14.5 Å². The summed E-state index contributed by atoms with van der Waals surface area (Å²) in [6.07, 6.45) is 0. The fourth-order valence-electron chi connectivity index (χ4n) is 2.16. The Balaban J connectivity index is 2.58. The van der Waals surface area contributed by atoms with Crippen molar-refractivity contribution < 1.29 is 4.39 Å². The third kappa shape index (κ3) is 3.25. The van der Waals surface area contributed by atoms with Crippen LogP contribution in [0.3, 0.4) is 0 Å². The Kier molecular flexibility index (Phi) is 5.24. The lowest BCUT2D eigenvalue weighted by atomic mass is 9.95. The molecule has 1 nitrogen and oxygen atoms in total. The molecule has 0 aromatic heterocycles. The van der Waals surface area contributed by atoms with Gasteiger partial charge in [0.05, 0.1) is 11.1 Å². The maximum absolute atomic E-state index is 14.2. The molecule has 106 valence electrons. The molecule has 2 rings (SSSR count). The highest BCUT2D eigenvalue weighted by Gasteiger charge is 2.19. The molecular weight excluding hydrogens is 408 g/mol. The summed E-state index contributed by atoms with van der Waals surface area (Å²) in [5.41, 5.74) is 2.63. The van der Waals surface area contributed by atoms with Gasteiger partial charge in [0.2, 0.25) is 0 Å². The first-order chi connectivity index (χ1) is 9.43. The number of halogens is 4. The molecule has 0 aliphatic rings. The Morgan fingerprint density at radius 2 is 1.85 bits per heavy atom. The zero-order chi connectivity index (χ0) is 14.9. The monoisotopic (exact) mass is 419 g/mol. The Bertz CT molecular complexity index is 646. The number of benzene rings is 2. The van der Waals surface area contributed by atoms with E-state index in [1.807, 2.05) is 25.1 Å². The van der Waals surface area contributed by atoms with E-state index in [2.05, 4.69) is 37.2 Å². The topological polar surface area (TPSA) is 12.0 Å². The second-order valence-electron chi connectivity index (χ2n) is 4.51. The van der Waals surface area contributed by atoms with Crippen molar-refractivity contribution in [2.75, 3.05) is 7.05 Å². The highest BCUT2D eigenvalue weighted by Crippen LogP contribution is 2.33. The first-order valence-corrected chi connectivity index (χ1v) is 7.98. The predicted molar refractivity (Wildman–Crippen MR) is 88.9 cm³/mol. The van der Waals surface area contributed by atoms with Crippen molar-refractivity contribution in [2.24, 2.45) is 0 Å². The van der Waals surface area contributed by atoms with Crippen LogP contribution in [-0.2, 0) is 0 Å². The molecule has 0 spiro atoms. The van der Waals surface area contributed by atoms with Crippen molar-refractivity contribution in [1.82, 2.24) is 5.32 Å². The molecule has 0 aliphatic carbocycles. The summed E-state index contributed by atoms with van der Waals surface area (Å²) in [5.74, 6) is -0.292. The highest BCUT2D eigenvalue weighted by molar-refractivity contribution is 9.10. The first kappa shape index (κ1) is 16.0. The molecule has 1 atom stereocenters. The van der Waals surface area contributed by atoms with Crippen LogP contribution >= 0.6 is 43.5 Å². The second kappa shape index (κ2) is 6.56. The van der Waals surface area contributed by atoms with Crippen LogP contribution in [0.15, 0.2) is 39.3 Å². The standard InChI is InChI=1S/C15H13Br2ClFN/c1-8-3-4-9(16)5-10(8)15(20-2)11-6-13(18)12(17)7-14(11)19/h3-7,15,20H,1-2H3. The van der Waals surface area contributed by atoms with Crippen LogP contribution < -0.4 is 5.32 Å². The molecule has 0 amide bonds. The van der Waals surface area contributed by atoms with E-state index in [1.54, 1.807) is 13.1 Å². The molecule has 0 heterocycles. The highest BCUT2D eigenvalue weighted by atomic mass is 79.9.